The molecule has 0 spiro atoms. The molecule has 2 unspecified atom stereocenters. The fraction of sp³-hybridized carbons (Fsp3) is 0.273. The number of carbonyl (C=O) groups excluding carboxylic acids is 2. The molecule has 1 amide bonds. The largest absolute Gasteiger partial charge is 0.468 e. The summed E-state index contributed by atoms with van der Waals surface area (Å²) in [5, 5.41) is 4.26. The minimum Gasteiger partial charge on any atom is -0.468 e. The molecule has 2 atom stereocenters. The van der Waals surface area contributed by atoms with E-state index in [-0.39, 0.29) is 25.0 Å². The lowest BCUT2D eigenvalue weighted by Gasteiger charge is -2.34. The second kappa shape index (κ2) is 8.97. The summed E-state index contributed by atoms with van der Waals surface area (Å²) < 4.78 is 16.0. The van der Waals surface area contributed by atoms with Crippen LogP contribution in [0.25, 0.3) is 0 Å². The highest BCUT2D eigenvalue weighted by atomic mass is 16.7. The number of anilines is 1. The number of carbonyl (C=O) groups is 2. The summed E-state index contributed by atoms with van der Waals surface area (Å²) in [6.07, 6.45) is 2.86. The number of fused-ring (bicyclic) bond motifs is 2. The quantitative estimate of drug-likeness (QED) is 0.264. The number of rotatable bonds is 7. The number of nitrogens with zero attached hydrogens (tertiary/aromatic N) is 1. The van der Waals surface area contributed by atoms with Gasteiger partial charge in [0, 0.05) is 12.1 Å². The highest BCUT2D eigenvalue weighted by Crippen LogP contribution is 2.42. The van der Waals surface area contributed by atoms with Crippen molar-refractivity contribution in [2.75, 3.05) is 18.4 Å². The van der Waals surface area contributed by atoms with E-state index in [2.05, 4.69) is 5.32 Å². The number of ether oxygens (including phenoxy) is 3. The average molecular weight is 424 g/mol. The summed E-state index contributed by atoms with van der Waals surface area (Å²) in [7, 11) is 0. The van der Waals surface area contributed by atoms with Crippen molar-refractivity contribution in [2.24, 2.45) is 17.5 Å². The van der Waals surface area contributed by atoms with Gasteiger partial charge in [-0.1, -0.05) is 18.2 Å². The van der Waals surface area contributed by atoms with E-state index >= 15 is 0 Å². The summed E-state index contributed by atoms with van der Waals surface area (Å²) in [6, 6.07) is 12.5. The van der Waals surface area contributed by atoms with Gasteiger partial charge in [0.05, 0.1) is 18.3 Å². The smallest absolute Gasteiger partial charge is 0.293 e. The Kier molecular flexibility index (Phi) is 5.94. The summed E-state index contributed by atoms with van der Waals surface area (Å²) in [6.45, 7) is 0.752. The fourth-order valence-electron chi connectivity index (χ4n) is 3.91. The van der Waals surface area contributed by atoms with Crippen molar-refractivity contribution < 1.29 is 23.8 Å². The number of amides is 1. The van der Waals surface area contributed by atoms with Crippen LogP contribution >= 0.6 is 0 Å². The van der Waals surface area contributed by atoms with E-state index in [9.17, 15) is 9.59 Å². The van der Waals surface area contributed by atoms with Gasteiger partial charge >= 0.3 is 0 Å². The van der Waals surface area contributed by atoms with E-state index in [1.807, 2.05) is 30.3 Å². The van der Waals surface area contributed by atoms with Gasteiger partial charge in [0.15, 0.2) is 11.5 Å². The molecule has 4 rings (SSSR count). The van der Waals surface area contributed by atoms with E-state index in [1.165, 1.54) is 11.2 Å². The molecule has 5 N–H and O–H groups in total. The first-order valence-electron chi connectivity index (χ1n) is 9.91. The number of hydrogen-bond acceptors (Lipinski definition) is 8. The molecular formula is C22H24N4O5. The van der Waals surface area contributed by atoms with Crippen LogP contribution < -0.4 is 31.4 Å². The van der Waals surface area contributed by atoms with Crippen LogP contribution in [0.3, 0.4) is 0 Å². The van der Waals surface area contributed by atoms with Crippen molar-refractivity contribution in [2.45, 2.75) is 18.9 Å². The van der Waals surface area contributed by atoms with Gasteiger partial charge in [0.2, 0.25) is 6.79 Å². The van der Waals surface area contributed by atoms with Crippen molar-refractivity contribution >= 4 is 18.1 Å². The van der Waals surface area contributed by atoms with Crippen LogP contribution in [0.5, 0.6) is 11.5 Å². The van der Waals surface area contributed by atoms with Crippen LogP contribution in [0.15, 0.2) is 54.4 Å². The van der Waals surface area contributed by atoms with Crippen LogP contribution in [0.1, 0.15) is 23.6 Å². The molecule has 0 saturated carbocycles. The first-order valence-corrected chi connectivity index (χ1v) is 9.91. The molecule has 0 saturated heterocycles. The molecule has 0 fully saturated rings. The number of nitrogens with one attached hydrogen (secondary N) is 1. The zero-order valence-electron chi connectivity index (χ0n) is 16.8. The van der Waals surface area contributed by atoms with Gasteiger partial charge in [0.1, 0.15) is 5.70 Å². The number of para-hydroxylation sites is 1. The second-order valence-electron chi connectivity index (χ2n) is 7.41. The zero-order valence-corrected chi connectivity index (χ0v) is 16.8. The third kappa shape index (κ3) is 4.41. The standard InChI is InChI=1S/C22H24N4O5/c23-18(10-26(24)16-4-2-1-3-5-16)22(28)25-21-15(11-29-12-27)7-6-14-8-19-20(9-17(14)21)31-13-30-19/h1-5,8-10,12,15,21H,6-7,11,13,23-24H2,(H,25,28)/b18-10-. The van der Waals surface area contributed by atoms with Crippen molar-refractivity contribution in [1.82, 2.24) is 5.32 Å². The van der Waals surface area contributed by atoms with Gasteiger partial charge in [-0.05, 0) is 48.2 Å². The first kappa shape index (κ1) is 20.5. The summed E-state index contributed by atoms with van der Waals surface area (Å²) in [5.41, 5.74) is 8.60. The number of aryl methyl sites for hydroxylation is 1. The maximum Gasteiger partial charge on any atom is 0.293 e. The van der Waals surface area contributed by atoms with E-state index in [4.69, 9.17) is 25.8 Å². The maximum atomic E-state index is 12.9. The zero-order chi connectivity index (χ0) is 21.8. The fourth-order valence-corrected chi connectivity index (χ4v) is 3.91. The van der Waals surface area contributed by atoms with Crippen LogP contribution in [0.2, 0.25) is 0 Å². The lowest BCUT2D eigenvalue weighted by Crippen LogP contribution is -2.41. The van der Waals surface area contributed by atoms with Gasteiger partial charge in [-0.2, -0.15) is 0 Å². The number of nitrogens with two attached hydrogens (primary N) is 2. The average Bonchev–Trinajstić information content (AvgIpc) is 3.25. The Labute approximate surface area is 179 Å². The van der Waals surface area contributed by atoms with E-state index in [1.54, 1.807) is 12.1 Å². The molecule has 2 aromatic carbocycles. The van der Waals surface area contributed by atoms with E-state index in [0.29, 0.717) is 23.7 Å². The second-order valence-corrected chi connectivity index (χ2v) is 7.41. The summed E-state index contributed by atoms with van der Waals surface area (Å²) >= 11 is 0. The minimum atomic E-state index is -0.474. The molecule has 0 radical (unpaired) electrons. The number of hydrogen-bond donors (Lipinski definition) is 3. The number of hydrazine groups is 1. The predicted molar refractivity (Wildman–Crippen MR) is 113 cm³/mol. The monoisotopic (exact) mass is 424 g/mol. The Bertz CT molecular complexity index is 995. The Morgan fingerprint density at radius 1 is 1.23 bits per heavy atom. The molecule has 9 nitrogen and oxygen atoms in total. The van der Waals surface area contributed by atoms with Crippen LogP contribution in [0, 0.1) is 5.92 Å². The van der Waals surface area contributed by atoms with E-state index < -0.39 is 11.9 Å². The third-order valence-electron chi connectivity index (χ3n) is 5.48. The molecule has 0 bridgehead atoms. The van der Waals surface area contributed by atoms with Crippen molar-refractivity contribution in [3.05, 3.63) is 65.5 Å². The first-order chi connectivity index (χ1) is 15.1. The normalized spacial score (nSPS) is 19.3. The van der Waals surface area contributed by atoms with Gasteiger partial charge in [-0.3, -0.25) is 14.6 Å². The van der Waals surface area contributed by atoms with Crippen LogP contribution in [-0.2, 0) is 20.7 Å². The molecule has 1 aliphatic heterocycles. The predicted octanol–water partition coefficient (Wildman–Crippen LogP) is 1.49. The molecule has 1 aliphatic carbocycles. The molecule has 31 heavy (non-hydrogen) atoms. The molecule has 1 heterocycles. The van der Waals surface area contributed by atoms with E-state index in [0.717, 1.165) is 24.0 Å². The lowest BCUT2D eigenvalue weighted by atomic mass is 9.79. The van der Waals surface area contributed by atoms with Crippen molar-refractivity contribution in [3.63, 3.8) is 0 Å². The SMILES string of the molecule is N/C(=C\N(N)c1ccccc1)C(=O)NC1c2cc3c(cc2CCC1COC=O)OCO3. The van der Waals surface area contributed by atoms with Gasteiger partial charge in [-0.25, -0.2) is 5.84 Å². The Morgan fingerprint density at radius 2 is 1.97 bits per heavy atom. The highest BCUT2D eigenvalue weighted by molar-refractivity contribution is 5.93. The molecule has 9 heteroatoms. The summed E-state index contributed by atoms with van der Waals surface area (Å²) in [5.74, 6) is 6.73. The molecule has 162 valence electrons. The van der Waals surface area contributed by atoms with Gasteiger partial charge in [0.25, 0.3) is 12.4 Å². The van der Waals surface area contributed by atoms with Gasteiger partial charge < -0.3 is 25.3 Å². The Balaban J connectivity index is 1.57. The topological polar surface area (TPSA) is 129 Å². The van der Waals surface area contributed by atoms with Gasteiger partial charge in [-0.15, -0.1) is 0 Å². The maximum absolute atomic E-state index is 12.9. The van der Waals surface area contributed by atoms with Crippen LogP contribution in [0.4, 0.5) is 5.69 Å². The number of benzene rings is 2. The lowest BCUT2D eigenvalue weighted by molar-refractivity contribution is -0.130. The van der Waals surface area contributed by atoms with Crippen molar-refractivity contribution in [3.8, 4) is 11.5 Å². The highest BCUT2D eigenvalue weighted by Gasteiger charge is 2.34. The van der Waals surface area contributed by atoms with Crippen LogP contribution in [-0.4, -0.2) is 25.8 Å². The van der Waals surface area contributed by atoms with Crippen molar-refractivity contribution in [1.29, 1.82) is 0 Å². The third-order valence-corrected chi connectivity index (χ3v) is 5.48. The molecule has 0 aromatic heterocycles. The molecule has 2 aromatic rings. The molecular weight excluding hydrogens is 400 g/mol. The Morgan fingerprint density at radius 3 is 2.71 bits per heavy atom. The molecule has 2 aliphatic rings. The Hall–Kier alpha value is -3.72. The minimum absolute atomic E-state index is 0.0470. The summed E-state index contributed by atoms with van der Waals surface area (Å²) in [4.78, 5) is 23.6.